The molecule has 0 atom stereocenters. The maximum atomic E-state index is 13.5. The summed E-state index contributed by atoms with van der Waals surface area (Å²) in [6, 6.07) is 26.7. The Morgan fingerprint density at radius 3 is 2.57 bits per heavy atom. The van der Waals surface area contributed by atoms with Crippen molar-refractivity contribution in [3.8, 4) is 0 Å². The summed E-state index contributed by atoms with van der Waals surface area (Å²) in [5.41, 5.74) is 3.29. The van der Waals surface area contributed by atoms with E-state index < -0.39 is 0 Å². The molecule has 1 aliphatic heterocycles. The molecule has 174 valence electrons. The summed E-state index contributed by atoms with van der Waals surface area (Å²) in [5, 5.41) is 5.57. The van der Waals surface area contributed by atoms with Gasteiger partial charge in [-0.1, -0.05) is 65.8 Å². The molecule has 2 amide bonds. The highest BCUT2D eigenvalue weighted by Crippen LogP contribution is 2.42. The predicted molar refractivity (Wildman–Crippen MR) is 145 cm³/mol. The van der Waals surface area contributed by atoms with Crippen LogP contribution in [0.1, 0.15) is 26.4 Å². The van der Waals surface area contributed by atoms with E-state index in [1.54, 1.807) is 28.4 Å². The number of hydrogen-bond donors (Lipinski definition) is 1. The molecule has 0 aliphatic carbocycles. The van der Waals surface area contributed by atoms with E-state index in [-0.39, 0.29) is 11.8 Å². The lowest BCUT2D eigenvalue weighted by Gasteiger charge is -2.30. The number of para-hydroxylation sites is 1. The smallest absolute Gasteiger partial charge is 0.265 e. The molecule has 0 spiro atoms. The average Bonchev–Trinajstić information content (AvgIpc) is 3.39. The molecule has 2 heterocycles. The molecule has 0 bridgehead atoms. The minimum absolute atomic E-state index is 0.0635. The lowest BCUT2D eigenvalue weighted by atomic mass is 10.1. The zero-order valence-electron chi connectivity index (χ0n) is 18.6. The van der Waals surface area contributed by atoms with Crippen LogP contribution in [0, 0.1) is 0 Å². The monoisotopic (exact) mass is 516 g/mol. The highest BCUT2D eigenvalue weighted by atomic mass is 35.5. The van der Waals surface area contributed by atoms with Crippen molar-refractivity contribution < 1.29 is 9.59 Å². The fraction of sp³-hybridized carbons (Fsp3) is 0.0714. The number of amides is 2. The van der Waals surface area contributed by atoms with Gasteiger partial charge in [0.1, 0.15) is 0 Å². The van der Waals surface area contributed by atoms with Gasteiger partial charge in [0.05, 0.1) is 23.7 Å². The number of nitrogens with zero attached hydrogens (tertiary/aromatic N) is 1. The fourth-order valence-electron chi connectivity index (χ4n) is 3.80. The molecule has 4 aromatic rings. The van der Waals surface area contributed by atoms with Gasteiger partial charge in [-0.3, -0.25) is 9.59 Å². The van der Waals surface area contributed by atoms with Gasteiger partial charge in [0.25, 0.3) is 11.8 Å². The van der Waals surface area contributed by atoms with Gasteiger partial charge in [0.2, 0.25) is 0 Å². The summed E-state index contributed by atoms with van der Waals surface area (Å²) in [6.45, 7) is 0.937. The predicted octanol–water partition coefficient (Wildman–Crippen LogP) is 7.01. The van der Waals surface area contributed by atoms with Crippen LogP contribution in [0.4, 0.5) is 5.69 Å². The van der Waals surface area contributed by atoms with Gasteiger partial charge in [-0.15, -0.1) is 11.3 Å². The molecule has 35 heavy (non-hydrogen) atoms. The number of carbonyl (C=O) groups excluding carboxylic acids is 2. The largest absolute Gasteiger partial charge is 0.347 e. The number of benzene rings is 3. The van der Waals surface area contributed by atoms with Crippen molar-refractivity contribution in [3.63, 3.8) is 0 Å². The van der Waals surface area contributed by atoms with E-state index in [9.17, 15) is 9.59 Å². The second-order valence-electron chi connectivity index (χ2n) is 7.98. The first-order valence-electron chi connectivity index (χ1n) is 11.0. The molecule has 5 rings (SSSR count). The molecular weight excluding hydrogens is 496 g/mol. The van der Waals surface area contributed by atoms with Crippen molar-refractivity contribution in [1.29, 1.82) is 0 Å². The van der Waals surface area contributed by atoms with Crippen LogP contribution < -0.4 is 10.2 Å². The Kier molecular flexibility index (Phi) is 7.04. The van der Waals surface area contributed by atoms with E-state index in [0.29, 0.717) is 28.6 Å². The first-order valence-corrected chi connectivity index (χ1v) is 13.1. The molecule has 0 saturated carbocycles. The number of halogens is 1. The lowest BCUT2D eigenvalue weighted by molar-refractivity contribution is -0.114. The SMILES string of the molecule is O=C(NCc1cccs1)c1ccc(/C=C2/Sc3ccccc3N(Cc3cccc(Cl)c3)C2=O)cc1. The van der Waals surface area contributed by atoms with Crippen molar-refractivity contribution in [2.24, 2.45) is 0 Å². The van der Waals surface area contributed by atoms with E-state index >= 15 is 0 Å². The maximum Gasteiger partial charge on any atom is 0.265 e. The van der Waals surface area contributed by atoms with Crippen LogP contribution in [0.15, 0.2) is 100 Å². The average molecular weight is 517 g/mol. The van der Waals surface area contributed by atoms with Crippen molar-refractivity contribution in [1.82, 2.24) is 5.32 Å². The van der Waals surface area contributed by atoms with Crippen LogP contribution >= 0.6 is 34.7 Å². The maximum absolute atomic E-state index is 13.5. The Hall–Kier alpha value is -3.32. The van der Waals surface area contributed by atoms with Gasteiger partial charge >= 0.3 is 0 Å². The number of thiophene rings is 1. The van der Waals surface area contributed by atoms with Crippen molar-refractivity contribution in [2.75, 3.05) is 4.90 Å². The summed E-state index contributed by atoms with van der Waals surface area (Å²) in [7, 11) is 0. The summed E-state index contributed by atoms with van der Waals surface area (Å²) >= 11 is 9.24. The Morgan fingerprint density at radius 1 is 0.971 bits per heavy atom. The van der Waals surface area contributed by atoms with E-state index in [4.69, 9.17) is 11.6 Å². The van der Waals surface area contributed by atoms with Crippen LogP contribution in [0.3, 0.4) is 0 Å². The van der Waals surface area contributed by atoms with Gasteiger partial charge in [-0.2, -0.15) is 0 Å². The van der Waals surface area contributed by atoms with Gasteiger partial charge in [0, 0.05) is 20.4 Å². The second kappa shape index (κ2) is 10.5. The Bertz CT molecular complexity index is 1400. The molecule has 0 fully saturated rings. The third kappa shape index (κ3) is 5.51. The summed E-state index contributed by atoms with van der Waals surface area (Å²) in [5.74, 6) is -0.186. The number of carbonyl (C=O) groups is 2. The number of anilines is 1. The van der Waals surface area contributed by atoms with E-state index in [0.717, 1.165) is 26.6 Å². The highest BCUT2D eigenvalue weighted by molar-refractivity contribution is 8.04. The third-order valence-electron chi connectivity index (χ3n) is 5.54. The Labute approximate surface area is 217 Å². The number of nitrogens with one attached hydrogen (secondary N) is 1. The number of hydrogen-bond acceptors (Lipinski definition) is 4. The van der Waals surface area contributed by atoms with Crippen molar-refractivity contribution in [3.05, 3.63) is 122 Å². The zero-order chi connectivity index (χ0) is 24.2. The molecule has 0 radical (unpaired) electrons. The third-order valence-corrected chi connectivity index (χ3v) is 7.72. The summed E-state index contributed by atoms with van der Waals surface area (Å²) in [4.78, 5) is 30.5. The first-order chi connectivity index (χ1) is 17.1. The summed E-state index contributed by atoms with van der Waals surface area (Å²) in [6.07, 6.45) is 1.88. The van der Waals surface area contributed by atoms with Crippen LogP contribution in [-0.4, -0.2) is 11.8 Å². The standard InChI is InChI=1S/C28H21ClN2O2S2/c29-22-6-3-5-20(15-22)18-31-24-8-1-2-9-25(24)35-26(28(31)33)16-19-10-12-21(13-11-19)27(32)30-17-23-7-4-14-34-23/h1-16H,17-18H2,(H,30,32)/b26-16+. The van der Waals surface area contributed by atoms with Crippen LogP contribution in [0.25, 0.3) is 6.08 Å². The quantitative estimate of drug-likeness (QED) is 0.280. The molecule has 3 aromatic carbocycles. The summed E-state index contributed by atoms with van der Waals surface area (Å²) < 4.78 is 0. The van der Waals surface area contributed by atoms with E-state index in [1.807, 2.05) is 84.3 Å². The first kappa shape index (κ1) is 23.4. The van der Waals surface area contributed by atoms with Gasteiger partial charge < -0.3 is 10.2 Å². The highest BCUT2D eigenvalue weighted by Gasteiger charge is 2.29. The molecule has 0 saturated heterocycles. The van der Waals surface area contributed by atoms with Gasteiger partial charge in [0.15, 0.2) is 0 Å². The molecular formula is C28H21ClN2O2S2. The van der Waals surface area contributed by atoms with Gasteiger partial charge in [-0.05, 0) is 65.0 Å². The van der Waals surface area contributed by atoms with Crippen LogP contribution in [-0.2, 0) is 17.9 Å². The minimum Gasteiger partial charge on any atom is -0.347 e. The van der Waals surface area contributed by atoms with Crippen LogP contribution in [0.5, 0.6) is 0 Å². The zero-order valence-corrected chi connectivity index (χ0v) is 21.0. The lowest BCUT2D eigenvalue weighted by Crippen LogP contribution is -2.33. The molecule has 4 nitrogen and oxygen atoms in total. The number of rotatable bonds is 6. The Balaban J connectivity index is 1.36. The van der Waals surface area contributed by atoms with E-state index in [2.05, 4.69) is 5.32 Å². The van der Waals surface area contributed by atoms with Crippen LogP contribution in [0.2, 0.25) is 5.02 Å². The Morgan fingerprint density at radius 2 is 1.80 bits per heavy atom. The van der Waals surface area contributed by atoms with Crippen molar-refractivity contribution in [2.45, 2.75) is 18.0 Å². The molecule has 7 heteroatoms. The van der Waals surface area contributed by atoms with Gasteiger partial charge in [-0.25, -0.2) is 0 Å². The topological polar surface area (TPSA) is 49.4 Å². The molecule has 1 aliphatic rings. The molecule has 0 unspecified atom stereocenters. The van der Waals surface area contributed by atoms with Crippen molar-refractivity contribution >= 4 is 58.3 Å². The minimum atomic E-state index is -0.123. The number of fused-ring (bicyclic) bond motifs is 1. The second-order valence-corrected chi connectivity index (χ2v) is 10.5. The fourth-order valence-corrected chi connectivity index (χ4v) is 5.72. The molecule has 1 N–H and O–H groups in total. The van der Waals surface area contributed by atoms with E-state index in [1.165, 1.54) is 11.8 Å². The normalized spacial score (nSPS) is 14.1. The molecule has 1 aromatic heterocycles. The number of thioether (sulfide) groups is 1.